The number of likely N-dealkylation sites (N-methyl/N-ethyl adjacent to an activating group) is 1. The van der Waals surface area contributed by atoms with Gasteiger partial charge < -0.3 is 9.84 Å². The Morgan fingerprint density at radius 2 is 2.21 bits per heavy atom. The lowest BCUT2D eigenvalue weighted by molar-refractivity contribution is -0.144. The SMILES string of the molecule is CCN1C(=O)/C(=C\c2cccc(OC(C)C(=O)O)c2)S/C1=N/c1nnc(C)s1. The summed E-state index contributed by atoms with van der Waals surface area (Å²) in [6.45, 7) is 5.67. The Morgan fingerprint density at radius 1 is 1.43 bits per heavy atom. The van der Waals surface area contributed by atoms with E-state index in [2.05, 4.69) is 15.2 Å². The molecule has 0 spiro atoms. The van der Waals surface area contributed by atoms with E-state index in [9.17, 15) is 9.59 Å². The number of carboxylic acid groups (broad SMARTS) is 1. The van der Waals surface area contributed by atoms with Gasteiger partial charge in [-0.2, -0.15) is 4.99 Å². The average molecular weight is 419 g/mol. The Balaban J connectivity index is 1.85. The minimum absolute atomic E-state index is 0.141. The molecule has 8 nitrogen and oxygen atoms in total. The molecule has 1 aliphatic rings. The van der Waals surface area contributed by atoms with Crippen LogP contribution in [0.4, 0.5) is 5.13 Å². The van der Waals surface area contributed by atoms with Crippen LogP contribution < -0.4 is 4.74 Å². The number of amidine groups is 1. The second-order valence-electron chi connectivity index (χ2n) is 5.83. The van der Waals surface area contributed by atoms with Crippen molar-refractivity contribution < 1.29 is 19.4 Å². The number of aromatic nitrogens is 2. The molecule has 1 N–H and O–H groups in total. The predicted molar refractivity (Wildman–Crippen MR) is 109 cm³/mol. The van der Waals surface area contributed by atoms with Gasteiger partial charge in [0.05, 0.1) is 4.91 Å². The number of aliphatic carboxylic acids is 1. The van der Waals surface area contributed by atoms with Gasteiger partial charge in [0.1, 0.15) is 10.8 Å². The molecule has 0 radical (unpaired) electrons. The number of aliphatic imine (C=N–C) groups is 1. The van der Waals surface area contributed by atoms with Crippen LogP contribution in [0.1, 0.15) is 24.4 Å². The molecule has 146 valence electrons. The van der Waals surface area contributed by atoms with E-state index in [1.54, 1.807) is 29.2 Å². The lowest BCUT2D eigenvalue weighted by Gasteiger charge is -2.11. The van der Waals surface area contributed by atoms with Crippen LogP contribution in [0.2, 0.25) is 0 Å². The third kappa shape index (κ3) is 4.57. The van der Waals surface area contributed by atoms with Crippen LogP contribution in [0.5, 0.6) is 5.75 Å². The number of carboxylic acids is 1. The summed E-state index contributed by atoms with van der Waals surface area (Å²) in [5.74, 6) is -0.764. The molecule has 2 heterocycles. The van der Waals surface area contributed by atoms with Gasteiger partial charge in [-0.15, -0.1) is 10.2 Å². The van der Waals surface area contributed by atoms with E-state index in [0.29, 0.717) is 27.5 Å². The van der Waals surface area contributed by atoms with Gasteiger partial charge in [0.25, 0.3) is 5.91 Å². The molecule has 3 rings (SSSR count). The number of benzene rings is 1. The molecule has 2 aromatic rings. The van der Waals surface area contributed by atoms with Crippen molar-refractivity contribution in [3.05, 3.63) is 39.7 Å². The maximum atomic E-state index is 12.7. The van der Waals surface area contributed by atoms with E-state index in [0.717, 1.165) is 10.6 Å². The lowest BCUT2D eigenvalue weighted by atomic mass is 10.2. The van der Waals surface area contributed by atoms with Crippen LogP contribution in [0.25, 0.3) is 6.08 Å². The van der Waals surface area contributed by atoms with Crippen molar-refractivity contribution in [2.75, 3.05) is 6.54 Å². The van der Waals surface area contributed by atoms with Gasteiger partial charge in [0, 0.05) is 6.54 Å². The number of aryl methyl sites for hydroxylation is 1. The quantitative estimate of drug-likeness (QED) is 0.718. The van der Waals surface area contributed by atoms with Crippen molar-refractivity contribution in [2.24, 2.45) is 4.99 Å². The zero-order valence-corrected chi connectivity index (χ0v) is 17.1. The number of carbonyl (C=O) groups excluding carboxylic acids is 1. The molecule has 1 atom stereocenters. The van der Waals surface area contributed by atoms with E-state index in [-0.39, 0.29) is 5.91 Å². The first-order chi connectivity index (χ1) is 13.4. The molecular formula is C18H18N4O4S2. The second-order valence-corrected chi connectivity index (χ2v) is 8.00. The van der Waals surface area contributed by atoms with Crippen LogP contribution in [0.3, 0.4) is 0 Å². The Hall–Kier alpha value is -2.72. The summed E-state index contributed by atoms with van der Waals surface area (Å²) in [7, 11) is 0. The molecule has 28 heavy (non-hydrogen) atoms. The molecule has 1 unspecified atom stereocenters. The highest BCUT2D eigenvalue weighted by molar-refractivity contribution is 8.18. The van der Waals surface area contributed by atoms with Gasteiger partial charge in [0.2, 0.25) is 5.13 Å². The topological polar surface area (TPSA) is 105 Å². The fourth-order valence-electron chi connectivity index (χ4n) is 2.37. The number of thioether (sulfide) groups is 1. The van der Waals surface area contributed by atoms with Gasteiger partial charge in [-0.05, 0) is 56.3 Å². The highest BCUT2D eigenvalue weighted by atomic mass is 32.2. The first-order valence-corrected chi connectivity index (χ1v) is 10.1. The first kappa shape index (κ1) is 20.0. The maximum absolute atomic E-state index is 12.7. The molecule has 1 aromatic heterocycles. The van der Waals surface area contributed by atoms with Gasteiger partial charge in [-0.1, -0.05) is 23.5 Å². The van der Waals surface area contributed by atoms with Crippen molar-refractivity contribution >= 4 is 51.4 Å². The number of carbonyl (C=O) groups is 2. The number of ether oxygens (including phenoxy) is 1. The van der Waals surface area contributed by atoms with Gasteiger partial charge in [-0.3, -0.25) is 9.69 Å². The Kier molecular flexibility index (Phi) is 6.10. The van der Waals surface area contributed by atoms with Gasteiger partial charge >= 0.3 is 5.97 Å². The van der Waals surface area contributed by atoms with E-state index in [1.807, 2.05) is 19.9 Å². The summed E-state index contributed by atoms with van der Waals surface area (Å²) in [5, 5.41) is 18.8. The zero-order valence-electron chi connectivity index (χ0n) is 15.4. The van der Waals surface area contributed by atoms with E-state index in [1.165, 1.54) is 30.0 Å². The standard InChI is InChI=1S/C18H18N4O4S2/c1-4-22-15(23)14(28-18(22)19-17-21-20-11(3)27-17)9-12-6-5-7-13(8-12)26-10(2)16(24)25/h5-10H,4H2,1-3H3,(H,24,25)/b14-9+,19-18+. The van der Waals surface area contributed by atoms with Crippen molar-refractivity contribution in [1.29, 1.82) is 0 Å². The normalized spacial score (nSPS) is 18.1. The third-order valence-electron chi connectivity index (χ3n) is 3.73. The highest BCUT2D eigenvalue weighted by Gasteiger charge is 2.32. The molecule has 1 aromatic carbocycles. The molecule has 1 aliphatic heterocycles. The van der Waals surface area contributed by atoms with Gasteiger partial charge in [-0.25, -0.2) is 4.79 Å². The van der Waals surface area contributed by atoms with E-state index in [4.69, 9.17) is 9.84 Å². The molecule has 1 saturated heterocycles. The van der Waals surface area contributed by atoms with Crippen molar-refractivity contribution in [3.8, 4) is 5.75 Å². The summed E-state index contributed by atoms with van der Waals surface area (Å²) in [4.78, 5) is 30.2. The van der Waals surface area contributed by atoms with Crippen LogP contribution in [0, 0.1) is 6.92 Å². The lowest BCUT2D eigenvalue weighted by Crippen LogP contribution is -2.28. The van der Waals surface area contributed by atoms with Crippen molar-refractivity contribution in [3.63, 3.8) is 0 Å². The highest BCUT2D eigenvalue weighted by Crippen LogP contribution is 2.34. The van der Waals surface area contributed by atoms with Crippen LogP contribution in [-0.2, 0) is 9.59 Å². The molecule has 0 aliphatic carbocycles. The van der Waals surface area contributed by atoms with Crippen LogP contribution in [0.15, 0.2) is 34.2 Å². The molecule has 0 bridgehead atoms. The number of rotatable bonds is 6. The zero-order chi connectivity index (χ0) is 20.3. The first-order valence-electron chi connectivity index (χ1n) is 8.47. The predicted octanol–water partition coefficient (Wildman–Crippen LogP) is 3.32. The Labute approximate surface area is 169 Å². The largest absolute Gasteiger partial charge is 0.479 e. The van der Waals surface area contributed by atoms with Crippen molar-refractivity contribution in [1.82, 2.24) is 15.1 Å². The summed E-state index contributed by atoms with van der Waals surface area (Å²) in [6.07, 6.45) is 0.775. The molecule has 0 saturated carbocycles. The third-order valence-corrected chi connectivity index (χ3v) is 5.47. The molecule has 1 fully saturated rings. The second kappa shape index (κ2) is 8.53. The van der Waals surface area contributed by atoms with E-state index < -0.39 is 12.1 Å². The number of nitrogens with zero attached hydrogens (tertiary/aromatic N) is 4. The number of hydrogen-bond acceptors (Lipinski definition) is 8. The fourth-order valence-corrected chi connectivity index (χ4v) is 4.03. The summed E-state index contributed by atoms with van der Waals surface area (Å²) in [6, 6.07) is 6.93. The van der Waals surface area contributed by atoms with Crippen LogP contribution in [-0.4, -0.2) is 49.9 Å². The Morgan fingerprint density at radius 3 is 2.86 bits per heavy atom. The fraction of sp³-hybridized carbons (Fsp3) is 0.278. The minimum atomic E-state index is -1.04. The maximum Gasteiger partial charge on any atom is 0.344 e. The van der Waals surface area contributed by atoms with E-state index >= 15 is 0 Å². The Bertz CT molecular complexity index is 970. The number of amides is 1. The smallest absolute Gasteiger partial charge is 0.344 e. The summed E-state index contributed by atoms with van der Waals surface area (Å²) in [5.41, 5.74) is 0.731. The summed E-state index contributed by atoms with van der Waals surface area (Å²) >= 11 is 2.62. The minimum Gasteiger partial charge on any atom is -0.479 e. The van der Waals surface area contributed by atoms with Gasteiger partial charge in [0.15, 0.2) is 11.3 Å². The van der Waals surface area contributed by atoms with Crippen molar-refractivity contribution in [2.45, 2.75) is 26.9 Å². The van der Waals surface area contributed by atoms with Crippen LogP contribution >= 0.6 is 23.1 Å². The molecule has 10 heteroatoms. The monoisotopic (exact) mass is 418 g/mol. The summed E-state index contributed by atoms with van der Waals surface area (Å²) < 4.78 is 5.38. The molecule has 1 amide bonds. The number of hydrogen-bond donors (Lipinski definition) is 1. The average Bonchev–Trinajstić information content (AvgIpc) is 3.18. The molecular weight excluding hydrogens is 400 g/mol.